The maximum absolute atomic E-state index is 13.3. The van der Waals surface area contributed by atoms with Crippen molar-refractivity contribution >= 4 is 17.8 Å². The van der Waals surface area contributed by atoms with Crippen LogP contribution in [-0.4, -0.2) is 71.9 Å². The van der Waals surface area contributed by atoms with Gasteiger partial charge in [0.2, 0.25) is 17.8 Å². The Kier molecular flexibility index (Phi) is 6.20. The van der Waals surface area contributed by atoms with E-state index in [2.05, 4.69) is 28.7 Å². The van der Waals surface area contributed by atoms with Gasteiger partial charge in [-0.3, -0.25) is 9.59 Å². The van der Waals surface area contributed by atoms with Crippen molar-refractivity contribution < 1.29 is 9.59 Å². The second kappa shape index (κ2) is 8.45. The van der Waals surface area contributed by atoms with Crippen molar-refractivity contribution in [3.63, 3.8) is 0 Å². The van der Waals surface area contributed by atoms with Gasteiger partial charge < -0.3 is 14.7 Å². The van der Waals surface area contributed by atoms with Crippen molar-refractivity contribution in [2.75, 3.05) is 45.2 Å². The van der Waals surface area contributed by atoms with Crippen molar-refractivity contribution in [3.05, 3.63) is 18.5 Å². The molecule has 2 amide bonds. The summed E-state index contributed by atoms with van der Waals surface area (Å²) in [7, 11) is 3.65. The third kappa shape index (κ3) is 3.71. The lowest BCUT2D eigenvalue weighted by Gasteiger charge is -2.35. The highest BCUT2D eigenvalue weighted by molar-refractivity contribution is 5.85. The molecule has 0 N–H and O–H groups in total. The smallest absolute Gasteiger partial charge is 0.230 e. The zero-order chi connectivity index (χ0) is 20.3. The van der Waals surface area contributed by atoms with Crippen LogP contribution in [0.1, 0.15) is 39.5 Å². The topological polar surface area (TPSA) is 69.6 Å². The molecule has 2 atom stereocenters. The SMILES string of the molecule is CCC(CC)C(=O)N1CCC[C@]2(C(=O)N(C)C)CN(c3ncccn3)C[C@@H]2C1. The number of carbonyl (C=O) groups is 2. The molecule has 2 aliphatic heterocycles. The first-order valence-corrected chi connectivity index (χ1v) is 10.5. The van der Waals surface area contributed by atoms with Crippen molar-refractivity contribution in [1.29, 1.82) is 0 Å². The molecule has 0 saturated carbocycles. The number of likely N-dealkylation sites (tertiary alicyclic amines) is 1. The zero-order valence-corrected chi connectivity index (χ0v) is 17.6. The van der Waals surface area contributed by atoms with Crippen LogP contribution in [0.15, 0.2) is 18.5 Å². The van der Waals surface area contributed by atoms with Crippen molar-refractivity contribution in [2.24, 2.45) is 17.3 Å². The van der Waals surface area contributed by atoms with E-state index in [4.69, 9.17) is 0 Å². The van der Waals surface area contributed by atoms with Crippen molar-refractivity contribution in [1.82, 2.24) is 19.8 Å². The lowest BCUT2D eigenvalue weighted by molar-refractivity contribution is -0.142. The van der Waals surface area contributed by atoms with Crippen LogP contribution < -0.4 is 4.90 Å². The number of anilines is 1. The van der Waals surface area contributed by atoms with Gasteiger partial charge in [-0.15, -0.1) is 0 Å². The third-order valence-corrected chi connectivity index (χ3v) is 6.50. The highest BCUT2D eigenvalue weighted by atomic mass is 16.2. The second-order valence-corrected chi connectivity index (χ2v) is 8.38. The van der Waals surface area contributed by atoms with Gasteiger partial charge in [0.15, 0.2) is 0 Å². The van der Waals surface area contributed by atoms with E-state index in [-0.39, 0.29) is 23.7 Å². The molecular formula is C21H33N5O2. The first-order valence-electron chi connectivity index (χ1n) is 10.5. The van der Waals surface area contributed by atoms with Gasteiger partial charge in [-0.1, -0.05) is 13.8 Å². The Morgan fingerprint density at radius 3 is 2.50 bits per heavy atom. The van der Waals surface area contributed by atoms with Gasteiger partial charge in [-0.05, 0) is 31.7 Å². The average molecular weight is 388 g/mol. The van der Waals surface area contributed by atoms with Gasteiger partial charge in [-0.25, -0.2) is 9.97 Å². The monoisotopic (exact) mass is 387 g/mol. The number of fused-ring (bicyclic) bond motifs is 1. The summed E-state index contributed by atoms with van der Waals surface area (Å²) >= 11 is 0. The lowest BCUT2D eigenvalue weighted by atomic mass is 9.74. The van der Waals surface area contributed by atoms with Gasteiger partial charge in [0.25, 0.3) is 0 Å². The molecule has 0 unspecified atom stereocenters. The number of hydrogen-bond donors (Lipinski definition) is 0. The normalized spacial score (nSPS) is 24.8. The van der Waals surface area contributed by atoms with Crippen LogP contribution in [0.4, 0.5) is 5.95 Å². The minimum atomic E-state index is -0.480. The van der Waals surface area contributed by atoms with Gasteiger partial charge >= 0.3 is 0 Å². The molecule has 2 saturated heterocycles. The summed E-state index contributed by atoms with van der Waals surface area (Å²) in [6.45, 7) is 6.86. The largest absolute Gasteiger partial charge is 0.348 e. The molecule has 28 heavy (non-hydrogen) atoms. The minimum absolute atomic E-state index is 0.0759. The summed E-state index contributed by atoms with van der Waals surface area (Å²) in [5.74, 6) is 1.23. The highest BCUT2D eigenvalue weighted by Gasteiger charge is 2.54. The first kappa shape index (κ1) is 20.6. The van der Waals surface area contributed by atoms with E-state index in [1.54, 1.807) is 23.4 Å². The number of rotatable bonds is 5. The first-order chi connectivity index (χ1) is 13.4. The standard InChI is InChI=1S/C21H33N5O2/c1-5-16(6-2)18(27)25-12-7-9-21(19(28)24(3)4)15-26(14-17(21)13-25)20-22-10-8-11-23-20/h8,10-11,16-17H,5-7,9,12-15H2,1-4H3/t17-,21-/m0/s1. The Balaban J connectivity index is 1.90. The molecule has 0 bridgehead atoms. The molecule has 1 aromatic heterocycles. The predicted octanol–water partition coefficient (Wildman–Crippen LogP) is 2.05. The van der Waals surface area contributed by atoms with E-state index in [0.717, 1.165) is 32.2 Å². The summed E-state index contributed by atoms with van der Waals surface area (Å²) in [6.07, 6.45) is 6.85. The fourth-order valence-electron chi connectivity index (χ4n) is 4.93. The molecule has 7 heteroatoms. The summed E-state index contributed by atoms with van der Waals surface area (Å²) in [4.78, 5) is 41.0. The van der Waals surface area contributed by atoms with E-state index >= 15 is 0 Å². The number of amides is 2. The molecule has 154 valence electrons. The average Bonchev–Trinajstić information content (AvgIpc) is 2.97. The van der Waals surface area contributed by atoms with Crippen LogP contribution in [0.25, 0.3) is 0 Å². The summed E-state index contributed by atoms with van der Waals surface area (Å²) < 4.78 is 0. The van der Waals surface area contributed by atoms with Gasteiger partial charge in [0, 0.05) is 64.5 Å². The number of aromatic nitrogens is 2. The quantitative estimate of drug-likeness (QED) is 0.773. The molecule has 3 heterocycles. The molecule has 3 rings (SSSR count). The van der Waals surface area contributed by atoms with E-state index in [0.29, 0.717) is 25.6 Å². The van der Waals surface area contributed by atoms with E-state index in [1.807, 2.05) is 19.0 Å². The van der Waals surface area contributed by atoms with Gasteiger partial charge in [-0.2, -0.15) is 0 Å². The molecular weight excluding hydrogens is 354 g/mol. The third-order valence-electron chi connectivity index (χ3n) is 6.50. The van der Waals surface area contributed by atoms with Crippen LogP contribution in [0, 0.1) is 17.3 Å². The Morgan fingerprint density at radius 1 is 1.21 bits per heavy atom. The van der Waals surface area contributed by atoms with E-state index in [1.165, 1.54) is 0 Å². The Hall–Kier alpha value is -2.18. The molecule has 0 spiro atoms. The zero-order valence-electron chi connectivity index (χ0n) is 17.6. The lowest BCUT2D eigenvalue weighted by Crippen LogP contribution is -2.48. The number of carbonyl (C=O) groups excluding carboxylic acids is 2. The van der Waals surface area contributed by atoms with Crippen LogP contribution in [0.5, 0.6) is 0 Å². The Morgan fingerprint density at radius 2 is 1.89 bits per heavy atom. The summed E-state index contributed by atoms with van der Waals surface area (Å²) in [5, 5.41) is 0. The predicted molar refractivity (Wildman–Crippen MR) is 109 cm³/mol. The number of hydrogen-bond acceptors (Lipinski definition) is 5. The van der Waals surface area contributed by atoms with E-state index < -0.39 is 5.41 Å². The van der Waals surface area contributed by atoms with Crippen LogP contribution >= 0.6 is 0 Å². The van der Waals surface area contributed by atoms with Crippen molar-refractivity contribution in [3.8, 4) is 0 Å². The van der Waals surface area contributed by atoms with Gasteiger partial charge in [0.05, 0.1) is 5.41 Å². The van der Waals surface area contributed by atoms with Crippen molar-refractivity contribution in [2.45, 2.75) is 39.5 Å². The maximum atomic E-state index is 13.3. The fourth-order valence-corrected chi connectivity index (χ4v) is 4.93. The molecule has 7 nitrogen and oxygen atoms in total. The fraction of sp³-hybridized carbons (Fsp3) is 0.714. The Labute approximate surface area is 168 Å². The van der Waals surface area contributed by atoms with Gasteiger partial charge in [0.1, 0.15) is 0 Å². The molecule has 0 radical (unpaired) electrons. The summed E-state index contributed by atoms with van der Waals surface area (Å²) in [5.41, 5.74) is -0.480. The second-order valence-electron chi connectivity index (χ2n) is 8.38. The minimum Gasteiger partial charge on any atom is -0.348 e. The van der Waals surface area contributed by atoms with Crippen LogP contribution in [-0.2, 0) is 9.59 Å². The Bertz CT molecular complexity index is 691. The number of nitrogens with zero attached hydrogens (tertiary/aromatic N) is 5. The molecule has 0 aliphatic carbocycles. The molecule has 1 aromatic rings. The molecule has 2 aliphatic rings. The van der Waals surface area contributed by atoms with E-state index in [9.17, 15) is 9.59 Å². The summed E-state index contributed by atoms with van der Waals surface area (Å²) in [6, 6.07) is 1.80. The highest BCUT2D eigenvalue weighted by Crippen LogP contribution is 2.44. The van der Waals surface area contributed by atoms with Crippen LogP contribution in [0.3, 0.4) is 0 Å². The molecule has 2 fully saturated rings. The van der Waals surface area contributed by atoms with Crippen LogP contribution in [0.2, 0.25) is 0 Å². The molecule has 0 aromatic carbocycles. The maximum Gasteiger partial charge on any atom is 0.230 e.